The Morgan fingerprint density at radius 2 is 1.62 bits per heavy atom. The molecule has 4 rings (SSSR count). The third-order valence-corrected chi connectivity index (χ3v) is 4.47. The van der Waals surface area contributed by atoms with Gasteiger partial charge in [0.15, 0.2) is 0 Å². The first-order valence-corrected chi connectivity index (χ1v) is 8.04. The Labute approximate surface area is 149 Å². The summed E-state index contributed by atoms with van der Waals surface area (Å²) in [6.07, 6.45) is 0. The van der Waals surface area contributed by atoms with E-state index < -0.39 is 4.92 Å². The van der Waals surface area contributed by atoms with Crippen LogP contribution in [-0.2, 0) is 0 Å². The predicted molar refractivity (Wildman–Crippen MR) is 101 cm³/mol. The number of rotatable bonds is 3. The van der Waals surface area contributed by atoms with Crippen LogP contribution in [0.1, 0.15) is 21.5 Å². The maximum atomic E-state index is 12.8. The SMILES string of the molecule is C=C1c2ccccc2-c2cccc(C(=O)Nc3cccc([N+](=O)[O-])c3)c21. The van der Waals surface area contributed by atoms with Crippen LogP contribution in [0.5, 0.6) is 0 Å². The Morgan fingerprint density at radius 1 is 0.923 bits per heavy atom. The van der Waals surface area contributed by atoms with Crippen LogP contribution in [0.4, 0.5) is 11.4 Å². The minimum Gasteiger partial charge on any atom is -0.322 e. The van der Waals surface area contributed by atoms with E-state index in [4.69, 9.17) is 0 Å². The highest BCUT2D eigenvalue weighted by atomic mass is 16.6. The molecule has 0 radical (unpaired) electrons. The molecule has 0 unspecified atom stereocenters. The molecule has 3 aromatic rings. The lowest BCUT2D eigenvalue weighted by molar-refractivity contribution is -0.384. The monoisotopic (exact) mass is 342 g/mol. The van der Waals surface area contributed by atoms with E-state index in [1.807, 2.05) is 36.4 Å². The molecule has 0 fully saturated rings. The standard InChI is InChI=1S/C21H14N2O3/c1-13-16-8-2-3-9-17(16)18-10-5-11-19(20(13)18)21(24)22-14-6-4-7-15(12-14)23(25)26/h2-12H,1H2,(H,22,24). The Balaban J connectivity index is 1.72. The number of fused-ring (bicyclic) bond motifs is 3. The molecule has 0 aliphatic heterocycles. The second-order valence-corrected chi connectivity index (χ2v) is 6.01. The van der Waals surface area contributed by atoms with Gasteiger partial charge in [-0.25, -0.2) is 0 Å². The largest absolute Gasteiger partial charge is 0.322 e. The first kappa shape index (κ1) is 15.8. The zero-order chi connectivity index (χ0) is 18.3. The summed E-state index contributed by atoms with van der Waals surface area (Å²) in [4.78, 5) is 23.3. The molecule has 0 saturated carbocycles. The number of nitrogens with one attached hydrogen (secondary N) is 1. The maximum absolute atomic E-state index is 12.8. The fourth-order valence-corrected chi connectivity index (χ4v) is 3.30. The van der Waals surface area contributed by atoms with Crippen LogP contribution in [0.25, 0.3) is 16.7 Å². The van der Waals surface area contributed by atoms with Crippen molar-refractivity contribution in [1.82, 2.24) is 0 Å². The lowest BCUT2D eigenvalue weighted by atomic mass is 9.98. The number of carbonyl (C=O) groups excluding carboxylic acids is 1. The number of nitrogens with zero attached hydrogens (tertiary/aromatic N) is 1. The second-order valence-electron chi connectivity index (χ2n) is 6.01. The Morgan fingerprint density at radius 3 is 2.38 bits per heavy atom. The van der Waals surface area contributed by atoms with E-state index in [1.54, 1.807) is 12.1 Å². The molecule has 0 saturated heterocycles. The number of carbonyl (C=O) groups is 1. The number of anilines is 1. The molecule has 0 spiro atoms. The molecule has 1 amide bonds. The zero-order valence-corrected chi connectivity index (χ0v) is 13.7. The first-order valence-electron chi connectivity index (χ1n) is 8.04. The highest BCUT2D eigenvalue weighted by Crippen LogP contribution is 2.44. The van der Waals surface area contributed by atoms with Crippen molar-refractivity contribution in [3.63, 3.8) is 0 Å². The van der Waals surface area contributed by atoms with Gasteiger partial charge in [-0.2, -0.15) is 0 Å². The van der Waals surface area contributed by atoms with Gasteiger partial charge in [0.05, 0.1) is 4.92 Å². The summed E-state index contributed by atoms with van der Waals surface area (Å²) < 4.78 is 0. The van der Waals surface area contributed by atoms with Crippen molar-refractivity contribution in [2.45, 2.75) is 0 Å². The van der Waals surface area contributed by atoms with Crippen LogP contribution < -0.4 is 5.32 Å². The average Bonchev–Trinajstić information content (AvgIpc) is 2.95. The summed E-state index contributed by atoms with van der Waals surface area (Å²) in [5.74, 6) is -0.323. The van der Waals surface area contributed by atoms with Crippen molar-refractivity contribution < 1.29 is 9.72 Å². The molecule has 5 nitrogen and oxygen atoms in total. The molecule has 0 heterocycles. The van der Waals surface area contributed by atoms with Gasteiger partial charge in [-0.1, -0.05) is 49.0 Å². The van der Waals surface area contributed by atoms with Gasteiger partial charge in [0.1, 0.15) is 0 Å². The fraction of sp³-hybridized carbons (Fsp3) is 0. The van der Waals surface area contributed by atoms with Gasteiger partial charge < -0.3 is 5.32 Å². The van der Waals surface area contributed by atoms with Crippen molar-refractivity contribution in [2.75, 3.05) is 5.32 Å². The Kier molecular flexibility index (Phi) is 3.62. The van der Waals surface area contributed by atoms with Crippen molar-refractivity contribution in [3.05, 3.63) is 100 Å². The summed E-state index contributed by atoms with van der Waals surface area (Å²) >= 11 is 0. The van der Waals surface area contributed by atoms with Crippen LogP contribution in [0, 0.1) is 10.1 Å². The molecular formula is C21H14N2O3. The number of hydrogen-bond acceptors (Lipinski definition) is 3. The molecule has 0 bridgehead atoms. The van der Waals surface area contributed by atoms with Gasteiger partial charge in [0, 0.05) is 28.9 Å². The van der Waals surface area contributed by atoms with Crippen molar-refractivity contribution >= 4 is 22.9 Å². The molecule has 1 aliphatic rings. The molecule has 0 atom stereocenters. The number of nitro groups is 1. The molecule has 126 valence electrons. The van der Waals surface area contributed by atoms with Gasteiger partial charge in [-0.15, -0.1) is 0 Å². The molecule has 1 N–H and O–H groups in total. The van der Waals surface area contributed by atoms with Gasteiger partial charge in [0.2, 0.25) is 0 Å². The third kappa shape index (κ3) is 2.46. The number of benzene rings is 3. The lowest BCUT2D eigenvalue weighted by Crippen LogP contribution is -2.14. The van der Waals surface area contributed by atoms with Crippen molar-refractivity contribution in [3.8, 4) is 11.1 Å². The quantitative estimate of drug-likeness (QED) is 0.425. The zero-order valence-electron chi connectivity index (χ0n) is 13.7. The van der Waals surface area contributed by atoms with Crippen molar-refractivity contribution in [2.24, 2.45) is 0 Å². The van der Waals surface area contributed by atoms with E-state index in [1.165, 1.54) is 18.2 Å². The van der Waals surface area contributed by atoms with Gasteiger partial charge >= 0.3 is 0 Å². The molecule has 0 aromatic heterocycles. The van der Waals surface area contributed by atoms with E-state index in [-0.39, 0.29) is 11.6 Å². The summed E-state index contributed by atoms with van der Waals surface area (Å²) in [7, 11) is 0. The lowest BCUT2D eigenvalue weighted by Gasteiger charge is -2.10. The normalized spacial score (nSPS) is 11.6. The smallest absolute Gasteiger partial charge is 0.271 e. The Hall–Kier alpha value is -3.73. The van der Waals surface area contributed by atoms with Crippen LogP contribution >= 0.6 is 0 Å². The number of hydrogen-bond donors (Lipinski definition) is 1. The fourth-order valence-electron chi connectivity index (χ4n) is 3.30. The minimum absolute atomic E-state index is 0.0714. The summed E-state index contributed by atoms with van der Waals surface area (Å²) in [6, 6.07) is 19.3. The summed E-state index contributed by atoms with van der Waals surface area (Å²) in [5, 5.41) is 13.7. The maximum Gasteiger partial charge on any atom is 0.271 e. The third-order valence-electron chi connectivity index (χ3n) is 4.47. The molecule has 3 aromatic carbocycles. The first-order chi connectivity index (χ1) is 12.6. The Bertz CT molecular complexity index is 1090. The van der Waals surface area contributed by atoms with E-state index in [2.05, 4.69) is 11.9 Å². The van der Waals surface area contributed by atoms with Gasteiger partial charge in [0.25, 0.3) is 11.6 Å². The van der Waals surface area contributed by atoms with Crippen LogP contribution in [-0.4, -0.2) is 10.8 Å². The number of amides is 1. The minimum atomic E-state index is -0.492. The molecular weight excluding hydrogens is 328 g/mol. The number of nitro benzene ring substituents is 1. The molecule has 26 heavy (non-hydrogen) atoms. The van der Waals surface area contributed by atoms with E-state index in [9.17, 15) is 14.9 Å². The highest BCUT2D eigenvalue weighted by Gasteiger charge is 2.26. The van der Waals surface area contributed by atoms with Crippen LogP contribution in [0.2, 0.25) is 0 Å². The highest BCUT2D eigenvalue weighted by molar-refractivity contribution is 6.13. The van der Waals surface area contributed by atoms with E-state index in [0.717, 1.165) is 27.8 Å². The van der Waals surface area contributed by atoms with Crippen LogP contribution in [0.15, 0.2) is 73.3 Å². The molecule has 1 aliphatic carbocycles. The molecule has 5 heteroatoms. The predicted octanol–water partition coefficient (Wildman–Crippen LogP) is 4.89. The average molecular weight is 342 g/mol. The van der Waals surface area contributed by atoms with Gasteiger partial charge in [-0.3, -0.25) is 14.9 Å². The number of non-ortho nitro benzene ring substituents is 1. The summed E-state index contributed by atoms with van der Waals surface area (Å²) in [6.45, 7) is 4.15. The van der Waals surface area contributed by atoms with E-state index in [0.29, 0.717) is 11.3 Å². The topological polar surface area (TPSA) is 72.2 Å². The van der Waals surface area contributed by atoms with Gasteiger partial charge in [-0.05, 0) is 34.4 Å². The van der Waals surface area contributed by atoms with Crippen molar-refractivity contribution in [1.29, 1.82) is 0 Å². The second kappa shape index (κ2) is 5.97. The van der Waals surface area contributed by atoms with Crippen LogP contribution in [0.3, 0.4) is 0 Å². The van der Waals surface area contributed by atoms with E-state index >= 15 is 0 Å². The summed E-state index contributed by atoms with van der Waals surface area (Å²) in [5.41, 5.74) is 5.45.